The zero-order valence-electron chi connectivity index (χ0n) is 15.4. The van der Waals surface area contributed by atoms with Crippen molar-refractivity contribution in [2.24, 2.45) is 10.7 Å². The normalized spacial score (nSPS) is 20.7. The Kier molecular flexibility index (Phi) is 5.70. The third kappa shape index (κ3) is 4.14. The van der Waals surface area contributed by atoms with Gasteiger partial charge in [-0.25, -0.2) is 4.39 Å². The fraction of sp³-hybridized carbons (Fsp3) is 0.250. The van der Waals surface area contributed by atoms with Gasteiger partial charge in [0.2, 0.25) is 11.8 Å². The molecule has 0 aliphatic carbocycles. The highest BCUT2D eigenvalue weighted by Gasteiger charge is 2.61. The fourth-order valence-corrected chi connectivity index (χ4v) is 3.89. The Labute approximate surface area is 169 Å². The maximum absolute atomic E-state index is 15.1. The summed E-state index contributed by atoms with van der Waals surface area (Å²) in [5, 5.41) is 2.51. The number of hydrogen-bond donors (Lipinski definition) is 2. The molecule has 2 aromatic rings. The molecule has 1 saturated heterocycles. The van der Waals surface area contributed by atoms with Crippen molar-refractivity contribution in [3.63, 3.8) is 0 Å². The van der Waals surface area contributed by atoms with Gasteiger partial charge in [0.05, 0.1) is 0 Å². The van der Waals surface area contributed by atoms with Gasteiger partial charge >= 0.3 is 0 Å². The average molecular weight is 421 g/mol. The molecule has 0 bridgehead atoms. The molecule has 3 rings (SSSR count). The van der Waals surface area contributed by atoms with Gasteiger partial charge < -0.3 is 11.1 Å². The number of nitrogens with one attached hydrogen (secondary N) is 1. The molecule has 1 aliphatic rings. The minimum absolute atomic E-state index is 0.0984. The molecule has 1 aliphatic heterocycles. The van der Waals surface area contributed by atoms with Gasteiger partial charge in [0.1, 0.15) is 5.82 Å². The second-order valence-corrected chi connectivity index (χ2v) is 8.08. The number of thioether (sulfide) groups is 1. The van der Waals surface area contributed by atoms with Crippen molar-refractivity contribution in [2.75, 3.05) is 6.54 Å². The molecule has 1 unspecified atom stereocenters. The maximum atomic E-state index is 15.1. The van der Waals surface area contributed by atoms with Crippen LogP contribution >= 0.6 is 11.8 Å². The molecular weight excluding hydrogens is 403 g/mol. The van der Waals surface area contributed by atoms with Crippen LogP contribution in [0, 0.1) is 5.82 Å². The Morgan fingerprint density at radius 1 is 1.17 bits per heavy atom. The second kappa shape index (κ2) is 7.90. The van der Waals surface area contributed by atoms with Crippen LogP contribution in [0.3, 0.4) is 0 Å². The molecule has 9 heteroatoms. The van der Waals surface area contributed by atoms with Crippen molar-refractivity contribution in [1.29, 1.82) is 0 Å². The van der Waals surface area contributed by atoms with E-state index in [4.69, 9.17) is 5.73 Å². The summed E-state index contributed by atoms with van der Waals surface area (Å²) in [6.45, 7) is 1.40. The van der Waals surface area contributed by atoms with Crippen LogP contribution in [-0.4, -0.2) is 28.3 Å². The van der Waals surface area contributed by atoms with Gasteiger partial charge in [-0.3, -0.25) is 14.6 Å². The quantitative estimate of drug-likeness (QED) is 0.751. The van der Waals surface area contributed by atoms with E-state index in [-0.39, 0.29) is 23.1 Å². The molecule has 0 aromatic heterocycles. The smallest absolute Gasteiger partial charge is 0.296 e. The summed E-state index contributed by atoms with van der Waals surface area (Å²) in [5.41, 5.74) is 5.66. The standard InChI is InChI=1S/C20H18F3N3O2S/c1-19(20(22,23)14-6-4-13(5-7-14)16(24)27)17(28)26-18(29-19)25-11-10-12-2-8-15(21)9-3-12/h2-9H,10-11H2,1H3,(H2,24,27)(H,25,26,28). The summed E-state index contributed by atoms with van der Waals surface area (Å²) >= 11 is 0.659. The van der Waals surface area contributed by atoms with Gasteiger partial charge in [0, 0.05) is 17.7 Å². The number of amides is 2. The number of aliphatic imine (C=N–C) groups is 1. The monoisotopic (exact) mass is 421 g/mol. The molecule has 1 heterocycles. The number of carbonyl (C=O) groups excluding carboxylic acids is 2. The lowest BCUT2D eigenvalue weighted by Gasteiger charge is -2.30. The first-order chi connectivity index (χ1) is 13.6. The van der Waals surface area contributed by atoms with Crippen molar-refractivity contribution in [1.82, 2.24) is 5.32 Å². The molecule has 2 aromatic carbocycles. The van der Waals surface area contributed by atoms with Gasteiger partial charge in [-0.05, 0) is 43.2 Å². The van der Waals surface area contributed by atoms with E-state index in [1.807, 2.05) is 0 Å². The SMILES string of the molecule is CC1(C(F)(F)c2ccc(C(N)=O)cc2)SC(=NCCc2ccc(F)cc2)NC1=O. The highest BCUT2D eigenvalue weighted by Crippen LogP contribution is 2.50. The van der Waals surface area contributed by atoms with Crippen LogP contribution < -0.4 is 11.1 Å². The van der Waals surface area contributed by atoms with Crippen LogP contribution in [0.25, 0.3) is 0 Å². The number of rotatable bonds is 6. The lowest BCUT2D eigenvalue weighted by atomic mass is 9.93. The molecule has 5 nitrogen and oxygen atoms in total. The molecule has 0 spiro atoms. The predicted octanol–water partition coefficient (Wildman–Crippen LogP) is 3.24. The molecule has 2 amide bonds. The Hall–Kier alpha value is -2.81. The molecule has 1 fully saturated rings. The Morgan fingerprint density at radius 3 is 2.38 bits per heavy atom. The van der Waals surface area contributed by atoms with Crippen LogP contribution in [0.15, 0.2) is 53.5 Å². The number of nitrogens with zero attached hydrogens (tertiary/aromatic N) is 1. The average Bonchev–Trinajstić information content (AvgIpc) is 2.99. The van der Waals surface area contributed by atoms with Crippen molar-refractivity contribution >= 4 is 28.7 Å². The third-order valence-corrected chi connectivity index (χ3v) is 5.93. The zero-order valence-corrected chi connectivity index (χ0v) is 16.2. The summed E-state index contributed by atoms with van der Waals surface area (Å²) in [7, 11) is 0. The van der Waals surface area contributed by atoms with E-state index < -0.39 is 28.0 Å². The summed E-state index contributed by atoms with van der Waals surface area (Å²) < 4.78 is 41.1. The van der Waals surface area contributed by atoms with Crippen LogP contribution in [0.5, 0.6) is 0 Å². The summed E-state index contributed by atoms with van der Waals surface area (Å²) in [6, 6.07) is 10.5. The van der Waals surface area contributed by atoms with E-state index >= 15 is 8.78 Å². The first kappa shape index (κ1) is 20.9. The largest absolute Gasteiger partial charge is 0.366 e. The number of nitrogens with two attached hydrogens (primary N) is 1. The highest BCUT2D eigenvalue weighted by atomic mass is 32.2. The van der Waals surface area contributed by atoms with Crippen LogP contribution in [-0.2, 0) is 17.1 Å². The molecule has 1 atom stereocenters. The van der Waals surface area contributed by atoms with Gasteiger partial charge in [0.15, 0.2) is 9.91 Å². The summed E-state index contributed by atoms with van der Waals surface area (Å²) in [6.07, 6.45) is 0.474. The van der Waals surface area contributed by atoms with E-state index in [2.05, 4.69) is 10.3 Å². The van der Waals surface area contributed by atoms with E-state index in [0.717, 1.165) is 24.6 Å². The number of amidine groups is 1. The molecule has 152 valence electrons. The van der Waals surface area contributed by atoms with Gasteiger partial charge in [-0.15, -0.1) is 0 Å². The third-order valence-electron chi connectivity index (χ3n) is 4.65. The minimum Gasteiger partial charge on any atom is -0.366 e. The topological polar surface area (TPSA) is 84.6 Å². The molecule has 3 N–H and O–H groups in total. The van der Waals surface area contributed by atoms with Crippen molar-refractivity contribution < 1.29 is 22.8 Å². The number of alkyl halides is 2. The first-order valence-electron chi connectivity index (χ1n) is 8.71. The summed E-state index contributed by atoms with van der Waals surface area (Å²) in [4.78, 5) is 27.7. The predicted molar refractivity (Wildman–Crippen MR) is 105 cm³/mol. The van der Waals surface area contributed by atoms with E-state index in [0.29, 0.717) is 18.2 Å². The highest BCUT2D eigenvalue weighted by molar-refractivity contribution is 8.16. The number of benzene rings is 2. The Bertz CT molecular complexity index is 962. The van der Waals surface area contributed by atoms with E-state index in [1.54, 1.807) is 12.1 Å². The maximum Gasteiger partial charge on any atom is 0.296 e. The van der Waals surface area contributed by atoms with Crippen molar-refractivity contribution in [2.45, 2.75) is 24.0 Å². The first-order valence-corrected chi connectivity index (χ1v) is 9.52. The lowest BCUT2D eigenvalue weighted by molar-refractivity contribution is -0.132. The Morgan fingerprint density at radius 2 is 1.79 bits per heavy atom. The fourth-order valence-electron chi connectivity index (χ4n) is 2.82. The van der Waals surface area contributed by atoms with Gasteiger partial charge in [0.25, 0.3) is 5.92 Å². The molecular formula is C20H18F3N3O2S. The van der Waals surface area contributed by atoms with Gasteiger partial charge in [-0.2, -0.15) is 8.78 Å². The van der Waals surface area contributed by atoms with Crippen molar-refractivity contribution in [3.8, 4) is 0 Å². The number of hydrogen-bond acceptors (Lipinski definition) is 4. The number of carbonyl (C=O) groups is 2. The molecule has 0 radical (unpaired) electrons. The zero-order chi connectivity index (χ0) is 21.2. The second-order valence-electron chi connectivity index (χ2n) is 6.67. The molecule has 29 heavy (non-hydrogen) atoms. The van der Waals surface area contributed by atoms with Crippen LogP contribution in [0.4, 0.5) is 13.2 Å². The van der Waals surface area contributed by atoms with Crippen LogP contribution in [0.1, 0.15) is 28.4 Å². The van der Waals surface area contributed by atoms with Gasteiger partial charge in [-0.1, -0.05) is 36.0 Å². The summed E-state index contributed by atoms with van der Waals surface area (Å²) in [5.74, 6) is -5.45. The van der Waals surface area contributed by atoms with E-state index in [1.165, 1.54) is 24.3 Å². The Balaban J connectivity index is 1.74. The minimum atomic E-state index is -3.52. The van der Waals surface area contributed by atoms with Crippen molar-refractivity contribution in [3.05, 3.63) is 71.0 Å². The van der Waals surface area contributed by atoms with E-state index in [9.17, 15) is 14.0 Å². The lowest BCUT2D eigenvalue weighted by Crippen LogP contribution is -2.47. The molecule has 0 saturated carbocycles. The van der Waals surface area contributed by atoms with Crippen LogP contribution in [0.2, 0.25) is 0 Å². The number of primary amides is 1. The number of halogens is 3.